The van der Waals surface area contributed by atoms with Crippen LogP contribution in [0.1, 0.15) is 40.0 Å². The van der Waals surface area contributed by atoms with Crippen molar-refractivity contribution < 1.29 is 17.9 Å². The van der Waals surface area contributed by atoms with E-state index in [0.29, 0.717) is 30.2 Å². The van der Waals surface area contributed by atoms with E-state index in [-0.39, 0.29) is 11.7 Å². The fraction of sp³-hybridized carbons (Fsp3) is 0.350. The van der Waals surface area contributed by atoms with Crippen LogP contribution >= 0.6 is 0 Å². The topological polar surface area (TPSA) is 89.7 Å². The number of anilines is 1. The predicted octanol–water partition coefficient (Wildman–Crippen LogP) is 2.72. The van der Waals surface area contributed by atoms with Gasteiger partial charge in [-0.25, -0.2) is 8.42 Å². The van der Waals surface area contributed by atoms with Gasteiger partial charge in [-0.3, -0.25) is 4.79 Å². The summed E-state index contributed by atoms with van der Waals surface area (Å²) in [4.78, 5) is 14.6. The molecular weight excluding hydrogens is 364 g/mol. The van der Waals surface area contributed by atoms with Gasteiger partial charge in [-0.1, -0.05) is 24.3 Å². The second-order valence-electron chi connectivity index (χ2n) is 6.88. The molecule has 144 valence electrons. The Morgan fingerprint density at radius 1 is 1.26 bits per heavy atom. The van der Waals surface area contributed by atoms with Crippen molar-refractivity contribution in [2.24, 2.45) is 0 Å². The Hall–Kier alpha value is -2.54. The molecule has 0 fully saturated rings. The minimum Gasteiger partial charge on any atom is -0.494 e. The zero-order valence-corrected chi connectivity index (χ0v) is 16.5. The molecule has 1 amide bonds. The summed E-state index contributed by atoms with van der Waals surface area (Å²) in [5.74, 6) is 0.286. The van der Waals surface area contributed by atoms with E-state index in [9.17, 15) is 13.2 Å². The van der Waals surface area contributed by atoms with E-state index < -0.39 is 15.9 Å². The van der Waals surface area contributed by atoms with Crippen LogP contribution in [-0.4, -0.2) is 37.8 Å². The molecule has 0 spiro atoms. The number of amides is 1. The lowest BCUT2D eigenvalue weighted by atomic mass is 10.0. The first-order valence-corrected chi connectivity index (χ1v) is 10.9. The second-order valence-corrected chi connectivity index (χ2v) is 9.07. The minimum atomic E-state index is -3.33. The Morgan fingerprint density at radius 3 is 2.63 bits per heavy atom. The van der Waals surface area contributed by atoms with E-state index in [0.717, 1.165) is 16.7 Å². The predicted molar refractivity (Wildman–Crippen MR) is 106 cm³/mol. The smallest absolute Gasteiger partial charge is 0.257 e. The summed E-state index contributed by atoms with van der Waals surface area (Å²) in [6.07, 6.45) is 1.18. The van der Waals surface area contributed by atoms with Gasteiger partial charge in [0.2, 0.25) is 0 Å². The van der Waals surface area contributed by atoms with Gasteiger partial charge in [-0.15, -0.1) is 0 Å². The maximum Gasteiger partial charge on any atom is 0.257 e. The molecule has 1 heterocycles. The molecule has 1 atom stereocenters. The van der Waals surface area contributed by atoms with E-state index in [1.54, 1.807) is 17.0 Å². The average Bonchev–Trinajstić information content (AvgIpc) is 2.92. The zero-order valence-electron chi connectivity index (χ0n) is 15.7. The average molecular weight is 388 g/mol. The maximum atomic E-state index is 13.0. The molecule has 1 unspecified atom stereocenters. The highest BCUT2D eigenvalue weighted by Crippen LogP contribution is 2.36. The van der Waals surface area contributed by atoms with Crippen molar-refractivity contribution in [2.45, 2.75) is 26.4 Å². The molecular formula is C20H24N2O4S. The number of aryl methyl sites for hydroxylation is 1. The number of sulfone groups is 1. The molecule has 27 heavy (non-hydrogen) atoms. The number of fused-ring (bicyclic) bond motifs is 1. The SMILES string of the molecule is CCOc1cc(C(CS(C)(=O)=O)N2Cc3cccc(N)c3C2=O)ccc1C. The molecule has 0 aliphatic carbocycles. The molecule has 1 aliphatic heterocycles. The number of rotatable bonds is 6. The van der Waals surface area contributed by atoms with Gasteiger partial charge in [-0.05, 0) is 42.7 Å². The molecule has 6 nitrogen and oxygen atoms in total. The van der Waals surface area contributed by atoms with Gasteiger partial charge in [0, 0.05) is 18.5 Å². The maximum absolute atomic E-state index is 13.0. The van der Waals surface area contributed by atoms with Gasteiger partial charge >= 0.3 is 0 Å². The molecule has 3 rings (SSSR count). The molecule has 0 saturated carbocycles. The quantitative estimate of drug-likeness (QED) is 0.769. The summed E-state index contributed by atoms with van der Waals surface area (Å²) in [6, 6.07) is 10.3. The molecule has 0 bridgehead atoms. The van der Waals surface area contributed by atoms with Crippen molar-refractivity contribution in [3.8, 4) is 5.75 Å². The van der Waals surface area contributed by atoms with Crippen LogP contribution in [0.2, 0.25) is 0 Å². The van der Waals surface area contributed by atoms with Crippen LogP contribution in [0.5, 0.6) is 5.75 Å². The monoisotopic (exact) mass is 388 g/mol. The van der Waals surface area contributed by atoms with Crippen LogP contribution in [0, 0.1) is 6.92 Å². The summed E-state index contributed by atoms with van der Waals surface area (Å²) >= 11 is 0. The zero-order chi connectivity index (χ0) is 19.8. The van der Waals surface area contributed by atoms with Crippen LogP contribution in [0.25, 0.3) is 0 Å². The molecule has 7 heteroatoms. The van der Waals surface area contributed by atoms with Crippen molar-refractivity contribution in [1.82, 2.24) is 4.90 Å². The van der Waals surface area contributed by atoms with Gasteiger partial charge in [-0.2, -0.15) is 0 Å². The summed E-state index contributed by atoms with van der Waals surface area (Å²) < 4.78 is 29.9. The summed E-state index contributed by atoms with van der Waals surface area (Å²) in [6.45, 7) is 4.66. The largest absolute Gasteiger partial charge is 0.494 e. The number of carbonyl (C=O) groups is 1. The fourth-order valence-electron chi connectivity index (χ4n) is 3.45. The highest BCUT2D eigenvalue weighted by molar-refractivity contribution is 7.90. The van der Waals surface area contributed by atoms with E-state index in [4.69, 9.17) is 10.5 Å². The molecule has 1 aliphatic rings. The van der Waals surface area contributed by atoms with E-state index >= 15 is 0 Å². The van der Waals surface area contributed by atoms with Crippen LogP contribution in [0.3, 0.4) is 0 Å². The summed E-state index contributed by atoms with van der Waals surface area (Å²) in [7, 11) is -3.33. The normalized spacial score (nSPS) is 14.9. The van der Waals surface area contributed by atoms with Gasteiger partial charge in [0.05, 0.1) is 24.0 Å². The van der Waals surface area contributed by atoms with E-state index in [2.05, 4.69) is 0 Å². The van der Waals surface area contributed by atoms with Crippen molar-refractivity contribution in [3.63, 3.8) is 0 Å². The number of benzene rings is 2. The number of hydrogen-bond donors (Lipinski definition) is 1. The third-order valence-electron chi connectivity index (χ3n) is 4.73. The second kappa shape index (κ2) is 7.23. The highest BCUT2D eigenvalue weighted by Gasteiger charge is 2.36. The number of nitrogens with zero attached hydrogens (tertiary/aromatic N) is 1. The number of carbonyl (C=O) groups excluding carboxylic acids is 1. The van der Waals surface area contributed by atoms with Gasteiger partial charge in [0.1, 0.15) is 15.6 Å². The summed E-state index contributed by atoms with van der Waals surface area (Å²) in [5, 5.41) is 0. The molecule has 2 N–H and O–H groups in total. The van der Waals surface area contributed by atoms with Crippen molar-refractivity contribution in [3.05, 3.63) is 58.7 Å². The Kier molecular flexibility index (Phi) is 5.15. The van der Waals surface area contributed by atoms with Gasteiger partial charge in [0.15, 0.2) is 0 Å². The lowest BCUT2D eigenvalue weighted by molar-refractivity contribution is 0.0719. The third kappa shape index (κ3) is 3.93. The fourth-order valence-corrected chi connectivity index (χ4v) is 4.40. The first kappa shape index (κ1) is 19.2. The molecule has 2 aromatic carbocycles. The summed E-state index contributed by atoms with van der Waals surface area (Å²) in [5.41, 5.74) is 9.37. The van der Waals surface area contributed by atoms with Crippen LogP contribution in [0.15, 0.2) is 36.4 Å². The molecule has 0 radical (unpaired) electrons. The number of nitrogens with two attached hydrogens (primary N) is 1. The van der Waals surface area contributed by atoms with Crippen LogP contribution in [0.4, 0.5) is 5.69 Å². The minimum absolute atomic E-state index is 0.165. The standard InChI is InChI=1S/C20H24N2O4S/c1-4-26-18-10-14(9-8-13(18)2)17(12-27(3,24)25)22-11-15-6-5-7-16(21)19(15)20(22)23/h5-10,17H,4,11-12,21H2,1-3H3. The van der Waals surface area contributed by atoms with Gasteiger partial charge < -0.3 is 15.4 Å². The first-order valence-electron chi connectivity index (χ1n) is 8.80. The molecule has 2 aromatic rings. The van der Waals surface area contributed by atoms with Gasteiger partial charge in [0.25, 0.3) is 5.91 Å². The lowest BCUT2D eigenvalue weighted by Crippen LogP contribution is -2.34. The Morgan fingerprint density at radius 2 is 2.00 bits per heavy atom. The Balaban J connectivity index is 2.05. The Labute approximate surface area is 159 Å². The highest BCUT2D eigenvalue weighted by atomic mass is 32.2. The van der Waals surface area contributed by atoms with E-state index in [1.807, 2.05) is 38.1 Å². The first-order chi connectivity index (χ1) is 12.7. The Bertz CT molecular complexity index is 985. The number of nitrogen functional groups attached to an aromatic ring is 1. The molecule has 0 aromatic heterocycles. The third-order valence-corrected chi connectivity index (χ3v) is 5.65. The number of hydrogen-bond acceptors (Lipinski definition) is 5. The van der Waals surface area contributed by atoms with Crippen molar-refractivity contribution in [2.75, 3.05) is 24.3 Å². The van der Waals surface area contributed by atoms with Crippen molar-refractivity contribution >= 4 is 21.4 Å². The molecule has 0 saturated heterocycles. The van der Waals surface area contributed by atoms with E-state index in [1.165, 1.54) is 6.26 Å². The van der Waals surface area contributed by atoms with Crippen LogP contribution < -0.4 is 10.5 Å². The lowest BCUT2D eigenvalue weighted by Gasteiger charge is -2.28. The number of ether oxygens (including phenoxy) is 1. The van der Waals surface area contributed by atoms with Crippen LogP contribution in [-0.2, 0) is 16.4 Å². The van der Waals surface area contributed by atoms with Crippen molar-refractivity contribution in [1.29, 1.82) is 0 Å².